The Bertz CT molecular complexity index is 1500. The summed E-state index contributed by atoms with van der Waals surface area (Å²) in [5.74, 6) is -0.961. The first kappa shape index (κ1) is 22.4. The summed E-state index contributed by atoms with van der Waals surface area (Å²) in [5.41, 5.74) is 0.312. The summed E-state index contributed by atoms with van der Waals surface area (Å²) >= 11 is 0. The van der Waals surface area contributed by atoms with E-state index >= 15 is 0 Å². The van der Waals surface area contributed by atoms with Crippen molar-refractivity contribution < 1.29 is 32.2 Å². The molecule has 2 heterocycles. The number of carbonyl (C=O) groups is 1. The summed E-state index contributed by atoms with van der Waals surface area (Å²) in [5, 5.41) is -0.00468. The van der Waals surface area contributed by atoms with Gasteiger partial charge in [0.15, 0.2) is 16.9 Å². The summed E-state index contributed by atoms with van der Waals surface area (Å²) in [7, 11) is 4.34. The molecule has 0 saturated heterocycles. The van der Waals surface area contributed by atoms with Crippen LogP contribution >= 0.6 is 0 Å². The third kappa shape index (κ3) is 3.47. The normalized spacial score (nSPS) is 14.8. The lowest BCUT2D eigenvalue weighted by atomic mass is 9.97. The van der Waals surface area contributed by atoms with Gasteiger partial charge in [-0.1, -0.05) is 0 Å². The number of nitrogens with zero attached hydrogens (tertiary/aromatic N) is 1. The lowest BCUT2D eigenvalue weighted by molar-refractivity contribution is 0.0971. The number of ether oxygens (including phenoxy) is 3. The smallest absolute Gasteiger partial charge is 0.295 e. The molecule has 35 heavy (non-hydrogen) atoms. The van der Waals surface area contributed by atoms with Crippen molar-refractivity contribution in [3.05, 3.63) is 93.3 Å². The van der Waals surface area contributed by atoms with Crippen molar-refractivity contribution in [2.45, 2.75) is 6.04 Å². The van der Waals surface area contributed by atoms with Crippen molar-refractivity contribution in [3.8, 4) is 17.2 Å². The molecule has 0 N–H and O–H groups in total. The molecule has 1 unspecified atom stereocenters. The number of amides is 1. The van der Waals surface area contributed by atoms with E-state index in [9.17, 15) is 18.4 Å². The maximum Gasteiger partial charge on any atom is 0.295 e. The zero-order valence-corrected chi connectivity index (χ0v) is 18.9. The average Bonchev–Trinajstić information content (AvgIpc) is 3.16. The number of halogens is 2. The van der Waals surface area contributed by atoms with Gasteiger partial charge in [0.1, 0.15) is 17.2 Å². The van der Waals surface area contributed by atoms with E-state index < -0.39 is 29.0 Å². The second-order valence-electron chi connectivity index (χ2n) is 7.83. The topological polar surface area (TPSA) is 78.2 Å². The van der Waals surface area contributed by atoms with Crippen LogP contribution in [0.3, 0.4) is 0 Å². The standard InChI is InChI=1S/C26H19F2NO6/c1-32-19-10-13(11-20(33-2)24(19)34-3)22-21-23(30)17-12-15(28)6-9-18(17)35-25(21)26(31)29(22)16-7-4-14(27)5-8-16/h4-12,22H,1-3H3. The highest BCUT2D eigenvalue weighted by molar-refractivity contribution is 6.10. The van der Waals surface area contributed by atoms with Crippen molar-refractivity contribution >= 4 is 22.6 Å². The maximum absolute atomic E-state index is 14.0. The minimum atomic E-state index is -0.999. The molecule has 1 aromatic heterocycles. The molecular formula is C26H19F2NO6. The Morgan fingerprint density at radius 1 is 0.829 bits per heavy atom. The highest BCUT2D eigenvalue weighted by Gasteiger charge is 2.44. The van der Waals surface area contributed by atoms with Gasteiger partial charge >= 0.3 is 0 Å². The van der Waals surface area contributed by atoms with Crippen LogP contribution in [0.2, 0.25) is 0 Å². The number of hydrogen-bond donors (Lipinski definition) is 0. The molecule has 0 radical (unpaired) electrons. The number of anilines is 1. The number of methoxy groups -OCH3 is 3. The van der Waals surface area contributed by atoms with Crippen LogP contribution in [0.4, 0.5) is 14.5 Å². The number of benzene rings is 3. The summed E-state index contributed by atoms with van der Waals surface area (Å²) in [4.78, 5) is 28.5. The fourth-order valence-electron chi connectivity index (χ4n) is 4.39. The fourth-order valence-corrected chi connectivity index (χ4v) is 4.39. The van der Waals surface area contributed by atoms with Crippen molar-refractivity contribution in [1.82, 2.24) is 0 Å². The van der Waals surface area contributed by atoms with Crippen molar-refractivity contribution in [2.24, 2.45) is 0 Å². The predicted octanol–water partition coefficient (Wildman–Crippen LogP) is 4.85. The molecule has 5 rings (SSSR count). The Hall–Kier alpha value is -4.40. The molecule has 0 aliphatic carbocycles. The van der Waals surface area contributed by atoms with E-state index in [1.54, 1.807) is 12.1 Å². The summed E-state index contributed by atoms with van der Waals surface area (Å²) < 4.78 is 49.8. The van der Waals surface area contributed by atoms with Gasteiger partial charge in [-0.3, -0.25) is 14.5 Å². The van der Waals surface area contributed by atoms with E-state index in [4.69, 9.17) is 18.6 Å². The van der Waals surface area contributed by atoms with Crippen molar-refractivity contribution in [2.75, 3.05) is 26.2 Å². The summed E-state index contributed by atoms with van der Waals surface area (Å²) in [6, 6.07) is 11.0. The monoisotopic (exact) mass is 479 g/mol. The van der Waals surface area contributed by atoms with Gasteiger partial charge in [0, 0.05) is 5.69 Å². The first-order chi connectivity index (χ1) is 16.9. The molecule has 178 valence electrons. The third-order valence-corrected chi connectivity index (χ3v) is 5.94. The Morgan fingerprint density at radius 2 is 1.46 bits per heavy atom. The van der Waals surface area contributed by atoms with Crippen LogP contribution in [0.25, 0.3) is 11.0 Å². The first-order valence-corrected chi connectivity index (χ1v) is 10.5. The zero-order chi connectivity index (χ0) is 24.9. The van der Waals surface area contributed by atoms with E-state index in [1.807, 2.05) is 0 Å². The van der Waals surface area contributed by atoms with E-state index in [0.717, 1.165) is 12.1 Å². The van der Waals surface area contributed by atoms with Gasteiger partial charge in [0.05, 0.1) is 38.3 Å². The quantitative estimate of drug-likeness (QED) is 0.407. The third-order valence-electron chi connectivity index (χ3n) is 5.94. The van der Waals surface area contributed by atoms with Gasteiger partial charge in [-0.2, -0.15) is 0 Å². The second-order valence-corrected chi connectivity index (χ2v) is 7.83. The number of hydrogen-bond acceptors (Lipinski definition) is 6. The van der Waals surface area contributed by atoms with Crippen LogP contribution in [0, 0.1) is 11.6 Å². The van der Waals surface area contributed by atoms with Crippen LogP contribution in [0.15, 0.2) is 63.8 Å². The highest BCUT2D eigenvalue weighted by atomic mass is 19.1. The lowest BCUT2D eigenvalue weighted by Gasteiger charge is -2.26. The molecule has 3 aromatic carbocycles. The van der Waals surface area contributed by atoms with Gasteiger partial charge in [0.25, 0.3) is 5.91 Å². The number of fused-ring (bicyclic) bond motifs is 2. The molecule has 0 saturated carbocycles. The Morgan fingerprint density at radius 3 is 2.06 bits per heavy atom. The predicted molar refractivity (Wildman–Crippen MR) is 124 cm³/mol. The SMILES string of the molecule is COc1cc(C2c3c(oc4ccc(F)cc4c3=O)C(=O)N2c2ccc(F)cc2)cc(OC)c1OC. The molecule has 1 amide bonds. The van der Waals surface area contributed by atoms with Crippen LogP contribution in [0.5, 0.6) is 17.2 Å². The largest absolute Gasteiger partial charge is 0.493 e. The molecule has 1 aliphatic rings. The molecule has 1 atom stereocenters. The summed E-state index contributed by atoms with van der Waals surface area (Å²) in [6.45, 7) is 0. The van der Waals surface area contributed by atoms with Crippen LogP contribution in [-0.4, -0.2) is 27.2 Å². The van der Waals surface area contributed by atoms with Crippen LogP contribution in [0.1, 0.15) is 27.7 Å². The maximum atomic E-state index is 14.0. The van der Waals surface area contributed by atoms with Crippen LogP contribution in [-0.2, 0) is 0 Å². The van der Waals surface area contributed by atoms with E-state index in [-0.39, 0.29) is 22.3 Å². The van der Waals surface area contributed by atoms with Gasteiger partial charge in [0.2, 0.25) is 11.5 Å². The van der Waals surface area contributed by atoms with E-state index in [1.165, 1.54) is 56.6 Å². The fraction of sp³-hybridized carbons (Fsp3) is 0.154. The molecule has 4 aromatic rings. The summed E-state index contributed by atoms with van der Waals surface area (Å²) in [6.07, 6.45) is 0. The zero-order valence-electron chi connectivity index (χ0n) is 18.9. The van der Waals surface area contributed by atoms with Gasteiger partial charge in [-0.25, -0.2) is 8.78 Å². The molecule has 7 nitrogen and oxygen atoms in total. The Labute approximate surface area is 198 Å². The van der Waals surface area contributed by atoms with E-state index in [2.05, 4.69) is 0 Å². The van der Waals surface area contributed by atoms with Crippen LogP contribution < -0.4 is 24.5 Å². The van der Waals surface area contributed by atoms with Gasteiger partial charge in [-0.05, 0) is 60.2 Å². The molecule has 0 spiro atoms. The van der Waals surface area contributed by atoms with Gasteiger partial charge in [-0.15, -0.1) is 0 Å². The molecule has 1 aliphatic heterocycles. The minimum absolute atomic E-state index is 0.00468. The van der Waals surface area contributed by atoms with E-state index in [0.29, 0.717) is 28.5 Å². The highest BCUT2D eigenvalue weighted by Crippen LogP contribution is 2.46. The first-order valence-electron chi connectivity index (χ1n) is 10.5. The number of carbonyl (C=O) groups excluding carboxylic acids is 1. The molecule has 0 fully saturated rings. The van der Waals surface area contributed by atoms with Gasteiger partial charge < -0.3 is 18.6 Å². The molecular weight excluding hydrogens is 460 g/mol. The second kappa shape index (κ2) is 8.43. The Balaban J connectivity index is 1.84. The molecule has 9 heteroatoms. The average molecular weight is 479 g/mol. The minimum Gasteiger partial charge on any atom is -0.493 e. The Kier molecular flexibility index (Phi) is 5.39. The molecule has 0 bridgehead atoms. The lowest BCUT2D eigenvalue weighted by Crippen LogP contribution is -2.29. The van der Waals surface area contributed by atoms with Crippen molar-refractivity contribution in [1.29, 1.82) is 0 Å². The van der Waals surface area contributed by atoms with Crippen molar-refractivity contribution in [3.63, 3.8) is 0 Å². The number of rotatable bonds is 5.